The van der Waals surface area contributed by atoms with Crippen molar-refractivity contribution in [2.75, 3.05) is 0 Å². The molecule has 1 aromatic heterocycles. The molecule has 0 atom stereocenters. The van der Waals surface area contributed by atoms with Crippen LogP contribution in [0.25, 0.3) is 0 Å². The Morgan fingerprint density at radius 3 is 2.85 bits per heavy atom. The van der Waals surface area contributed by atoms with Crippen molar-refractivity contribution in [2.45, 2.75) is 19.4 Å². The van der Waals surface area contributed by atoms with Gasteiger partial charge in [0.05, 0.1) is 0 Å². The van der Waals surface area contributed by atoms with Crippen LogP contribution < -0.4 is 0 Å². The SMILES string of the molecule is CC(F)(F)Cn1nccc1C(=O)O. The first-order chi connectivity index (χ1) is 5.90. The maximum Gasteiger partial charge on any atom is 0.354 e. The van der Waals surface area contributed by atoms with E-state index < -0.39 is 18.4 Å². The molecule has 1 heterocycles. The zero-order valence-corrected chi connectivity index (χ0v) is 6.87. The zero-order valence-electron chi connectivity index (χ0n) is 6.87. The molecule has 72 valence electrons. The van der Waals surface area contributed by atoms with Crippen LogP contribution in [0.4, 0.5) is 8.78 Å². The van der Waals surface area contributed by atoms with Crippen molar-refractivity contribution in [2.24, 2.45) is 0 Å². The topological polar surface area (TPSA) is 55.1 Å². The van der Waals surface area contributed by atoms with Crippen molar-refractivity contribution >= 4 is 5.97 Å². The largest absolute Gasteiger partial charge is 0.477 e. The third kappa shape index (κ3) is 2.50. The first-order valence-corrected chi connectivity index (χ1v) is 3.53. The molecule has 6 heteroatoms. The van der Waals surface area contributed by atoms with Crippen molar-refractivity contribution in [3.63, 3.8) is 0 Å². The van der Waals surface area contributed by atoms with Gasteiger partial charge in [0.25, 0.3) is 5.92 Å². The smallest absolute Gasteiger partial charge is 0.354 e. The van der Waals surface area contributed by atoms with E-state index in [-0.39, 0.29) is 5.69 Å². The van der Waals surface area contributed by atoms with Gasteiger partial charge < -0.3 is 5.11 Å². The summed E-state index contributed by atoms with van der Waals surface area (Å²) < 4.78 is 25.7. The van der Waals surface area contributed by atoms with E-state index in [0.29, 0.717) is 6.92 Å². The summed E-state index contributed by atoms with van der Waals surface area (Å²) in [7, 11) is 0. The number of aromatic nitrogens is 2. The summed E-state index contributed by atoms with van der Waals surface area (Å²) in [5.74, 6) is -4.22. The Labute approximate surface area is 72.8 Å². The highest BCUT2D eigenvalue weighted by atomic mass is 19.3. The lowest BCUT2D eigenvalue weighted by Crippen LogP contribution is -2.23. The maximum atomic E-state index is 12.5. The quantitative estimate of drug-likeness (QED) is 0.780. The molecule has 0 radical (unpaired) electrons. The van der Waals surface area contributed by atoms with Crippen LogP contribution in [0.3, 0.4) is 0 Å². The Kier molecular flexibility index (Phi) is 2.31. The highest BCUT2D eigenvalue weighted by Gasteiger charge is 2.24. The standard InChI is InChI=1S/C7H8F2N2O2/c1-7(8,9)4-11-5(6(12)13)2-3-10-11/h2-3H,4H2,1H3,(H,12,13). The number of aromatic carboxylic acids is 1. The summed E-state index contributed by atoms with van der Waals surface area (Å²) in [5.41, 5.74) is -0.235. The van der Waals surface area contributed by atoms with Gasteiger partial charge in [-0.1, -0.05) is 0 Å². The normalized spacial score (nSPS) is 11.6. The van der Waals surface area contributed by atoms with E-state index in [1.165, 1.54) is 12.3 Å². The number of carboxylic acid groups (broad SMARTS) is 1. The highest BCUT2D eigenvalue weighted by molar-refractivity contribution is 5.85. The van der Waals surface area contributed by atoms with E-state index in [0.717, 1.165) is 4.68 Å². The summed E-state index contributed by atoms with van der Waals surface area (Å²) >= 11 is 0. The lowest BCUT2D eigenvalue weighted by atomic mass is 10.3. The van der Waals surface area contributed by atoms with E-state index in [9.17, 15) is 13.6 Å². The molecule has 0 aliphatic heterocycles. The number of hydrogen-bond donors (Lipinski definition) is 1. The molecule has 1 rings (SSSR count). The minimum Gasteiger partial charge on any atom is -0.477 e. The van der Waals surface area contributed by atoms with E-state index in [1.54, 1.807) is 0 Å². The summed E-state index contributed by atoms with van der Waals surface area (Å²) in [6.45, 7) is -0.0120. The Morgan fingerprint density at radius 2 is 2.38 bits per heavy atom. The number of carboxylic acids is 1. The molecule has 0 aliphatic rings. The lowest BCUT2D eigenvalue weighted by Gasteiger charge is -2.10. The Hall–Kier alpha value is -1.46. The molecule has 1 aromatic rings. The number of nitrogens with zero attached hydrogens (tertiary/aromatic N) is 2. The minimum absolute atomic E-state index is 0.235. The molecule has 0 amide bonds. The summed E-state index contributed by atoms with van der Waals surface area (Å²) in [6, 6.07) is 1.17. The summed E-state index contributed by atoms with van der Waals surface area (Å²) in [6.07, 6.45) is 1.18. The Bertz CT molecular complexity index is 317. The van der Waals surface area contributed by atoms with Crippen LogP contribution in [0.1, 0.15) is 17.4 Å². The van der Waals surface area contributed by atoms with Gasteiger partial charge in [-0.25, -0.2) is 13.6 Å². The van der Waals surface area contributed by atoms with Crippen molar-refractivity contribution in [1.82, 2.24) is 9.78 Å². The molecule has 13 heavy (non-hydrogen) atoms. The molecule has 0 spiro atoms. The van der Waals surface area contributed by atoms with Crippen LogP contribution in [0, 0.1) is 0 Å². The van der Waals surface area contributed by atoms with Gasteiger partial charge in [-0.15, -0.1) is 0 Å². The molecule has 1 N–H and O–H groups in total. The van der Waals surface area contributed by atoms with Gasteiger partial charge >= 0.3 is 5.97 Å². The minimum atomic E-state index is -2.96. The van der Waals surface area contributed by atoms with Gasteiger partial charge in [0, 0.05) is 13.1 Å². The average Bonchev–Trinajstić information content (AvgIpc) is 2.31. The zero-order chi connectivity index (χ0) is 10.1. The molecule has 0 fully saturated rings. The van der Waals surface area contributed by atoms with Crippen molar-refractivity contribution in [3.05, 3.63) is 18.0 Å². The number of halogens is 2. The second-order valence-electron chi connectivity index (χ2n) is 2.75. The van der Waals surface area contributed by atoms with Gasteiger partial charge in [0.1, 0.15) is 12.2 Å². The third-order valence-corrected chi connectivity index (χ3v) is 1.36. The van der Waals surface area contributed by atoms with Gasteiger partial charge in [0.15, 0.2) is 0 Å². The fourth-order valence-electron chi connectivity index (χ4n) is 0.903. The monoisotopic (exact) mass is 190 g/mol. The Balaban J connectivity index is 2.89. The van der Waals surface area contributed by atoms with Crippen LogP contribution in [-0.4, -0.2) is 26.8 Å². The van der Waals surface area contributed by atoms with E-state index in [1.807, 2.05) is 0 Å². The van der Waals surface area contributed by atoms with Crippen LogP contribution in [-0.2, 0) is 6.54 Å². The third-order valence-electron chi connectivity index (χ3n) is 1.36. The molecule has 0 saturated heterocycles. The van der Waals surface area contributed by atoms with Crippen molar-refractivity contribution in [1.29, 1.82) is 0 Å². The molecule has 0 bridgehead atoms. The summed E-state index contributed by atoms with van der Waals surface area (Å²) in [4.78, 5) is 10.5. The molecular formula is C7H8F2N2O2. The van der Waals surface area contributed by atoms with Crippen LogP contribution in [0.5, 0.6) is 0 Å². The van der Waals surface area contributed by atoms with Crippen LogP contribution in [0.15, 0.2) is 12.3 Å². The molecule has 0 aromatic carbocycles. The van der Waals surface area contributed by atoms with E-state index >= 15 is 0 Å². The second kappa shape index (κ2) is 3.12. The number of alkyl halides is 2. The highest BCUT2D eigenvalue weighted by Crippen LogP contribution is 2.15. The number of rotatable bonds is 3. The molecule has 0 unspecified atom stereocenters. The first-order valence-electron chi connectivity index (χ1n) is 3.53. The predicted octanol–water partition coefficient (Wildman–Crippen LogP) is 1.24. The first kappa shape index (κ1) is 9.63. The van der Waals surface area contributed by atoms with E-state index in [4.69, 9.17) is 5.11 Å². The van der Waals surface area contributed by atoms with Gasteiger partial charge in [0.2, 0.25) is 0 Å². The Morgan fingerprint density at radius 1 is 1.77 bits per heavy atom. The number of hydrogen-bond acceptors (Lipinski definition) is 2. The van der Waals surface area contributed by atoms with Crippen LogP contribution in [0.2, 0.25) is 0 Å². The van der Waals surface area contributed by atoms with Crippen molar-refractivity contribution in [3.8, 4) is 0 Å². The average molecular weight is 190 g/mol. The van der Waals surface area contributed by atoms with Gasteiger partial charge in [-0.3, -0.25) is 4.68 Å². The second-order valence-corrected chi connectivity index (χ2v) is 2.75. The van der Waals surface area contributed by atoms with Gasteiger partial charge in [-0.05, 0) is 6.07 Å². The summed E-state index contributed by atoms with van der Waals surface area (Å²) in [5, 5.41) is 12.0. The maximum absolute atomic E-state index is 12.5. The predicted molar refractivity (Wildman–Crippen MR) is 39.8 cm³/mol. The molecular weight excluding hydrogens is 182 g/mol. The van der Waals surface area contributed by atoms with Crippen LogP contribution >= 0.6 is 0 Å². The van der Waals surface area contributed by atoms with Gasteiger partial charge in [-0.2, -0.15) is 5.10 Å². The van der Waals surface area contributed by atoms with Crippen molar-refractivity contribution < 1.29 is 18.7 Å². The number of carbonyl (C=O) groups is 1. The fraction of sp³-hybridized carbons (Fsp3) is 0.429. The fourth-order valence-corrected chi connectivity index (χ4v) is 0.903. The lowest BCUT2D eigenvalue weighted by molar-refractivity contribution is -0.000394. The molecule has 0 saturated carbocycles. The van der Waals surface area contributed by atoms with E-state index in [2.05, 4.69) is 5.10 Å². The molecule has 0 aliphatic carbocycles. The molecule has 4 nitrogen and oxygen atoms in total.